The highest BCUT2D eigenvalue weighted by atomic mass is 16.5. The van der Waals surface area contributed by atoms with Gasteiger partial charge in [-0.25, -0.2) is 4.98 Å². The monoisotopic (exact) mass is 263 g/mol. The number of ether oxygens (including phenoxy) is 1. The molecule has 0 spiro atoms. The molecule has 0 atom stereocenters. The van der Waals surface area contributed by atoms with Crippen molar-refractivity contribution in [1.82, 2.24) is 4.98 Å². The summed E-state index contributed by atoms with van der Waals surface area (Å²) in [5, 5.41) is 2.91. The molecule has 2 heterocycles. The van der Waals surface area contributed by atoms with Crippen molar-refractivity contribution in [2.45, 2.75) is 27.2 Å². The van der Waals surface area contributed by atoms with Crippen molar-refractivity contribution in [2.24, 2.45) is 0 Å². The fourth-order valence-corrected chi connectivity index (χ4v) is 2.18. The van der Waals surface area contributed by atoms with Crippen molar-refractivity contribution in [3.05, 3.63) is 17.3 Å². The third-order valence-electron chi connectivity index (χ3n) is 3.30. The zero-order chi connectivity index (χ0) is 13.8. The lowest BCUT2D eigenvalue weighted by atomic mass is 10.1. The van der Waals surface area contributed by atoms with Gasteiger partial charge in [-0.15, -0.1) is 0 Å². The van der Waals surface area contributed by atoms with Crippen LogP contribution in [0.2, 0.25) is 0 Å². The van der Waals surface area contributed by atoms with Crippen LogP contribution in [-0.4, -0.2) is 37.2 Å². The van der Waals surface area contributed by atoms with Crippen molar-refractivity contribution in [2.75, 3.05) is 36.5 Å². The highest BCUT2D eigenvalue weighted by Crippen LogP contribution is 2.24. The van der Waals surface area contributed by atoms with Gasteiger partial charge in [0.15, 0.2) is 0 Å². The van der Waals surface area contributed by atoms with Crippen molar-refractivity contribution in [1.29, 1.82) is 0 Å². The molecule has 0 bridgehead atoms. The van der Waals surface area contributed by atoms with Gasteiger partial charge in [0.1, 0.15) is 5.82 Å². The largest absolute Gasteiger partial charge is 0.378 e. The first-order valence-electron chi connectivity index (χ1n) is 6.72. The molecule has 1 amide bonds. The number of nitrogens with one attached hydrogen (secondary N) is 1. The van der Waals surface area contributed by atoms with Crippen LogP contribution in [0.1, 0.15) is 24.6 Å². The second-order valence-corrected chi connectivity index (χ2v) is 4.76. The molecule has 19 heavy (non-hydrogen) atoms. The molecule has 5 heteroatoms. The van der Waals surface area contributed by atoms with Gasteiger partial charge in [-0.3, -0.25) is 4.79 Å². The van der Waals surface area contributed by atoms with E-state index in [1.807, 2.05) is 26.8 Å². The number of morpholine rings is 1. The Morgan fingerprint density at radius 2 is 2.11 bits per heavy atom. The molecule has 1 N–H and O–H groups in total. The lowest BCUT2D eigenvalue weighted by molar-refractivity contribution is -0.115. The SMILES string of the molecule is CCC(=O)Nc1c(C)cc(N2CCOCC2)nc1C. The third kappa shape index (κ3) is 3.23. The minimum Gasteiger partial charge on any atom is -0.378 e. The molecule has 0 unspecified atom stereocenters. The van der Waals surface area contributed by atoms with Gasteiger partial charge < -0.3 is 15.0 Å². The molecule has 104 valence electrons. The lowest BCUT2D eigenvalue weighted by Gasteiger charge is -2.28. The maximum atomic E-state index is 11.5. The van der Waals surface area contributed by atoms with Crippen LogP contribution in [-0.2, 0) is 9.53 Å². The molecule has 1 aromatic heterocycles. The first kappa shape index (κ1) is 13.8. The number of rotatable bonds is 3. The molecule has 1 aliphatic heterocycles. The van der Waals surface area contributed by atoms with E-state index in [1.165, 1.54) is 0 Å². The smallest absolute Gasteiger partial charge is 0.224 e. The fraction of sp³-hybridized carbons (Fsp3) is 0.571. The Labute approximate surface area is 114 Å². The van der Waals surface area contributed by atoms with Gasteiger partial charge in [-0.05, 0) is 25.5 Å². The topological polar surface area (TPSA) is 54.5 Å². The van der Waals surface area contributed by atoms with Crippen molar-refractivity contribution in [3.63, 3.8) is 0 Å². The number of anilines is 2. The number of amides is 1. The number of aryl methyl sites for hydroxylation is 2. The summed E-state index contributed by atoms with van der Waals surface area (Å²) in [6.07, 6.45) is 0.476. The van der Waals surface area contributed by atoms with E-state index in [4.69, 9.17) is 4.74 Å². The summed E-state index contributed by atoms with van der Waals surface area (Å²) >= 11 is 0. The molecule has 0 aliphatic carbocycles. The van der Waals surface area contributed by atoms with Gasteiger partial charge in [0.2, 0.25) is 5.91 Å². The summed E-state index contributed by atoms with van der Waals surface area (Å²) in [6.45, 7) is 9.00. The second kappa shape index (κ2) is 6.02. The molecule has 1 aliphatic rings. The Kier molecular flexibility index (Phi) is 4.37. The summed E-state index contributed by atoms with van der Waals surface area (Å²) in [4.78, 5) is 18.3. The summed E-state index contributed by atoms with van der Waals surface area (Å²) in [5.41, 5.74) is 2.75. The predicted octanol–water partition coefficient (Wildman–Crippen LogP) is 1.88. The lowest BCUT2D eigenvalue weighted by Crippen LogP contribution is -2.37. The zero-order valence-electron chi connectivity index (χ0n) is 11.8. The van der Waals surface area contributed by atoms with E-state index in [-0.39, 0.29) is 5.91 Å². The Morgan fingerprint density at radius 1 is 1.42 bits per heavy atom. The van der Waals surface area contributed by atoms with E-state index in [1.54, 1.807) is 0 Å². The van der Waals surface area contributed by atoms with Crippen molar-refractivity contribution in [3.8, 4) is 0 Å². The van der Waals surface area contributed by atoms with Crippen molar-refractivity contribution < 1.29 is 9.53 Å². The summed E-state index contributed by atoms with van der Waals surface area (Å²) in [6, 6.07) is 2.03. The molecule has 1 aromatic rings. The van der Waals surface area contributed by atoms with E-state index in [2.05, 4.69) is 15.2 Å². The number of carbonyl (C=O) groups excluding carboxylic acids is 1. The van der Waals surface area contributed by atoms with Crippen LogP contribution in [0.4, 0.5) is 11.5 Å². The van der Waals surface area contributed by atoms with E-state index in [9.17, 15) is 4.79 Å². The molecule has 1 fully saturated rings. The number of pyridine rings is 1. The van der Waals surface area contributed by atoms with Crippen LogP contribution in [0.25, 0.3) is 0 Å². The van der Waals surface area contributed by atoms with Crippen LogP contribution in [0.5, 0.6) is 0 Å². The Hall–Kier alpha value is -1.62. The molecule has 0 radical (unpaired) electrons. The van der Waals surface area contributed by atoms with Gasteiger partial charge in [0.25, 0.3) is 0 Å². The first-order valence-corrected chi connectivity index (χ1v) is 6.72. The van der Waals surface area contributed by atoms with Crippen LogP contribution in [0.15, 0.2) is 6.07 Å². The normalized spacial score (nSPS) is 15.4. The summed E-state index contributed by atoms with van der Waals surface area (Å²) < 4.78 is 5.35. The quantitative estimate of drug-likeness (QED) is 0.904. The van der Waals surface area contributed by atoms with E-state index in [0.29, 0.717) is 6.42 Å². The first-order chi connectivity index (χ1) is 9.11. The van der Waals surface area contributed by atoms with Crippen LogP contribution in [0.3, 0.4) is 0 Å². The molecule has 5 nitrogen and oxygen atoms in total. The van der Waals surface area contributed by atoms with Crippen molar-refractivity contribution >= 4 is 17.4 Å². The molecular weight excluding hydrogens is 242 g/mol. The van der Waals surface area contributed by atoms with Gasteiger partial charge in [0, 0.05) is 19.5 Å². The zero-order valence-corrected chi connectivity index (χ0v) is 11.8. The average Bonchev–Trinajstić information content (AvgIpc) is 2.43. The van der Waals surface area contributed by atoms with Gasteiger partial charge in [-0.2, -0.15) is 0 Å². The molecule has 0 saturated carbocycles. The van der Waals surface area contributed by atoms with Crippen LogP contribution in [0, 0.1) is 13.8 Å². The number of carbonyl (C=O) groups is 1. The Bertz CT molecular complexity index is 445. The number of aromatic nitrogens is 1. The average molecular weight is 263 g/mol. The molecule has 1 saturated heterocycles. The number of hydrogen-bond acceptors (Lipinski definition) is 4. The summed E-state index contributed by atoms with van der Waals surface area (Å²) in [5.74, 6) is 0.986. The highest BCUT2D eigenvalue weighted by Gasteiger charge is 2.15. The Balaban J connectivity index is 2.22. The standard InChI is InChI=1S/C14H21N3O2/c1-4-13(18)16-14-10(2)9-12(15-11(14)3)17-5-7-19-8-6-17/h9H,4-8H2,1-3H3,(H,16,18). The van der Waals surface area contributed by atoms with Gasteiger partial charge >= 0.3 is 0 Å². The van der Waals surface area contributed by atoms with Crippen LogP contribution >= 0.6 is 0 Å². The molecule has 0 aromatic carbocycles. The second-order valence-electron chi connectivity index (χ2n) is 4.76. The van der Waals surface area contributed by atoms with Crippen LogP contribution < -0.4 is 10.2 Å². The molecule has 2 rings (SSSR count). The van der Waals surface area contributed by atoms with E-state index >= 15 is 0 Å². The highest BCUT2D eigenvalue weighted by molar-refractivity contribution is 5.92. The van der Waals surface area contributed by atoms with Gasteiger partial charge in [-0.1, -0.05) is 6.92 Å². The van der Waals surface area contributed by atoms with E-state index < -0.39 is 0 Å². The number of nitrogens with zero attached hydrogens (tertiary/aromatic N) is 2. The predicted molar refractivity (Wildman–Crippen MR) is 75.7 cm³/mol. The fourth-order valence-electron chi connectivity index (χ4n) is 2.18. The molecular formula is C14H21N3O2. The summed E-state index contributed by atoms with van der Waals surface area (Å²) in [7, 11) is 0. The number of hydrogen-bond donors (Lipinski definition) is 1. The maximum absolute atomic E-state index is 11.5. The minimum atomic E-state index is 0.0205. The maximum Gasteiger partial charge on any atom is 0.224 e. The van der Waals surface area contributed by atoms with E-state index in [0.717, 1.165) is 49.1 Å². The van der Waals surface area contributed by atoms with Gasteiger partial charge in [0.05, 0.1) is 24.6 Å². The Morgan fingerprint density at radius 3 is 2.68 bits per heavy atom. The minimum absolute atomic E-state index is 0.0205. The third-order valence-corrected chi connectivity index (χ3v) is 3.30.